The van der Waals surface area contributed by atoms with Crippen LogP contribution in [0.1, 0.15) is 98.0 Å². The molecule has 9 atom stereocenters. The molecule has 1 aromatic carbocycles. The van der Waals surface area contributed by atoms with E-state index < -0.39 is 5.41 Å². The van der Waals surface area contributed by atoms with Crippen LogP contribution in [0.2, 0.25) is 0 Å². The maximum atomic E-state index is 14.3. The number of ether oxygens (including phenoxy) is 1. The average molecular weight is 546 g/mol. The van der Waals surface area contributed by atoms with Crippen molar-refractivity contribution in [3.05, 3.63) is 47.5 Å². The van der Waals surface area contributed by atoms with Crippen LogP contribution < -0.4 is 0 Å². The summed E-state index contributed by atoms with van der Waals surface area (Å²) in [4.78, 5) is 27.8. The lowest BCUT2D eigenvalue weighted by Crippen LogP contribution is -2.61. The van der Waals surface area contributed by atoms with E-state index in [2.05, 4.69) is 45.9 Å². The minimum Gasteiger partial charge on any atom is -0.460 e. The van der Waals surface area contributed by atoms with Gasteiger partial charge >= 0.3 is 5.97 Å². The molecular weight excluding hydrogens is 498 g/mol. The summed E-state index contributed by atoms with van der Waals surface area (Å²) in [5.41, 5.74) is 2.69. The third kappa shape index (κ3) is 4.04. The van der Waals surface area contributed by atoms with Crippen molar-refractivity contribution in [2.24, 2.45) is 56.4 Å². The summed E-state index contributed by atoms with van der Waals surface area (Å²) in [6.07, 6.45) is 10.7. The zero-order valence-electron chi connectivity index (χ0n) is 25.0. The van der Waals surface area contributed by atoms with Gasteiger partial charge in [-0.25, -0.2) is 0 Å². The van der Waals surface area contributed by atoms with E-state index in [-0.39, 0.29) is 40.0 Å². The Morgan fingerprint density at radius 1 is 0.975 bits per heavy atom. The fourth-order valence-electron chi connectivity index (χ4n) is 10.6. The predicted octanol–water partition coefficient (Wildman–Crippen LogP) is 7.76. The molecule has 5 aliphatic carbocycles. The van der Waals surface area contributed by atoms with Crippen LogP contribution in [0, 0.1) is 51.2 Å². The van der Waals surface area contributed by atoms with Crippen molar-refractivity contribution in [3.8, 4) is 0 Å². The van der Waals surface area contributed by atoms with Crippen LogP contribution in [0.3, 0.4) is 0 Å². The summed E-state index contributed by atoms with van der Waals surface area (Å²) >= 11 is 0. The number of benzene rings is 1. The highest BCUT2D eigenvalue weighted by molar-refractivity contribution is 5.96. The summed E-state index contributed by atoms with van der Waals surface area (Å²) < 4.78 is 5.89. The van der Waals surface area contributed by atoms with E-state index in [4.69, 9.17) is 4.74 Å². The van der Waals surface area contributed by atoms with Gasteiger partial charge < -0.3 is 9.94 Å². The summed E-state index contributed by atoms with van der Waals surface area (Å²) in [6, 6.07) is 9.91. The molecule has 0 spiro atoms. The van der Waals surface area contributed by atoms with E-state index >= 15 is 0 Å². The number of carbonyl (C=O) groups excluding carboxylic acids is 2. The van der Waals surface area contributed by atoms with Gasteiger partial charge in [-0.2, -0.15) is 0 Å². The highest BCUT2D eigenvalue weighted by Gasteiger charge is 2.65. The van der Waals surface area contributed by atoms with Crippen LogP contribution in [-0.4, -0.2) is 22.7 Å². The zero-order valence-corrected chi connectivity index (χ0v) is 25.0. The van der Waals surface area contributed by atoms with Crippen LogP contribution in [0.5, 0.6) is 0 Å². The number of fused-ring (bicyclic) bond motifs is 7. The monoisotopic (exact) mass is 545 g/mol. The number of rotatable bonds is 3. The fourth-order valence-corrected chi connectivity index (χ4v) is 10.6. The molecule has 0 saturated heterocycles. The van der Waals surface area contributed by atoms with Gasteiger partial charge in [0, 0.05) is 11.8 Å². The van der Waals surface area contributed by atoms with Crippen molar-refractivity contribution in [2.45, 2.75) is 99.0 Å². The minimum atomic E-state index is -0.537. The SMILES string of the molecule is CC1/C(=N/O)CCC2(C)C1CCC1(C)C3CCC4(C)CC[C@](C)(C(=O)OCc5ccccc5)CC4C3=CC(=O)C12. The van der Waals surface area contributed by atoms with Crippen LogP contribution in [0.25, 0.3) is 0 Å². The maximum Gasteiger partial charge on any atom is 0.312 e. The molecule has 0 amide bonds. The van der Waals surface area contributed by atoms with E-state index in [0.29, 0.717) is 24.2 Å². The molecule has 5 heteroatoms. The molecule has 0 bridgehead atoms. The van der Waals surface area contributed by atoms with Gasteiger partial charge in [-0.3, -0.25) is 9.59 Å². The van der Waals surface area contributed by atoms with Gasteiger partial charge in [-0.15, -0.1) is 0 Å². The van der Waals surface area contributed by atoms with Crippen LogP contribution >= 0.6 is 0 Å². The molecule has 40 heavy (non-hydrogen) atoms. The van der Waals surface area contributed by atoms with Gasteiger partial charge in [0.2, 0.25) is 0 Å². The van der Waals surface area contributed by atoms with Gasteiger partial charge in [0.1, 0.15) is 6.61 Å². The van der Waals surface area contributed by atoms with Crippen LogP contribution in [0.15, 0.2) is 47.1 Å². The first-order valence-electron chi connectivity index (χ1n) is 15.6. The molecule has 5 nitrogen and oxygen atoms in total. The number of esters is 1. The molecule has 6 rings (SSSR count). The zero-order chi connectivity index (χ0) is 28.5. The van der Waals surface area contributed by atoms with Crippen molar-refractivity contribution in [2.75, 3.05) is 0 Å². The summed E-state index contributed by atoms with van der Waals surface area (Å²) in [5.74, 6) is 1.42. The van der Waals surface area contributed by atoms with Crippen LogP contribution in [0.4, 0.5) is 0 Å². The van der Waals surface area contributed by atoms with E-state index in [1.807, 2.05) is 30.3 Å². The number of allylic oxidation sites excluding steroid dienone is 2. The normalized spacial score (nSPS) is 45.4. The Kier molecular flexibility index (Phi) is 6.63. The first-order chi connectivity index (χ1) is 18.9. The number of carbonyl (C=O) groups is 2. The smallest absolute Gasteiger partial charge is 0.312 e. The Balaban J connectivity index is 1.29. The molecule has 4 fully saturated rings. The molecule has 216 valence electrons. The van der Waals surface area contributed by atoms with Gasteiger partial charge in [0.15, 0.2) is 5.78 Å². The highest BCUT2D eigenvalue weighted by atomic mass is 16.5. The predicted molar refractivity (Wildman–Crippen MR) is 156 cm³/mol. The standard InChI is InChI=1S/C35H47NO4/c1-22-25-12-15-35(5)26-11-14-32(2)17-18-33(3,31(38)40-21-23-9-7-6-8-10-23)20-27(32)24(26)19-29(37)30(35)34(25,4)16-13-28(22)36-39/h6-10,19,22,25-27,30,39H,11-18,20-21H2,1-5H3/b36-28+/t22?,25?,26?,27?,30?,32?,33-,34?,35?/m0/s1. The Hall–Kier alpha value is -2.43. The quantitative estimate of drug-likeness (QED) is 0.239. The lowest BCUT2D eigenvalue weighted by Gasteiger charge is -2.65. The van der Waals surface area contributed by atoms with Crippen molar-refractivity contribution >= 4 is 17.5 Å². The van der Waals surface area contributed by atoms with E-state index in [1.165, 1.54) is 5.57 Å². The van der Waals surface area contributed by atoms with Crippen molar-refractivity contribution in [3.63, 3.8) is 0 Å². The second-order valence-electron chi connectivity index (χ2n) is 15.1. The third-order valence-electron chi connectivity index (χ3n) is 13.0. The Bertz CT molecular complexity index is 1250. The van der Waals surface area contributed by atoms with Gasteiger partial charge in [0.25, 0.3) is 0 Å². The van der Waals surface area contributed by atoms with Gasteiger partial charge in [-0.1, -0.05) is 68.8 Å². The Morgan fingerprint density at radius 2 is 1.73 bits per heavy atom. The number of hydrogen-bond donors (Lipinski definition) is 1. The Labute approximate surface area is 239 Å². The lowest BCUT2D eigenvalue weighted by molar-refractivity contribution is -0.164. The molecular formula is C35H47NO4. The minimum absolute atomic E-state index is 0.00496. The second kappa shape index (κ2) is 9.56. The fraction of sp³-hybridized carbons (Fsp3) is 0.686. The molecule has 8 unspecified atom stereocenters. The highest BCUT2D eigenvalue weighted by Crippen LogP contribution is 2.69. The molecule has 0 heterocycles. The van der Waals surface area contributed by atoms with E-state index in [0.717, 1.165) is 69.1 Å². The largest absolute Gasteiger partial charge is 0.460 e. The van der Waals surface area contributed by atoms with Gasteiger partial charge in [0.05, 0.1) is 11.1 Å². The molecule has 0 aliphatic heterocycles. The third-order valence-corrected chi connectivity index (χ3v) is 13.0. The summed E-state index contributed by atoms with van der Waals surface area (Å²) in [7, 11) is 0. The average Bonchev–Trinajstić information content (AvgIpc) is 2.92. The molecule has 1 N–H and O–H groups in total. The van der Waals surface area contributed by atoms with Crippen molar-refractivity contribution in [1.82, 2.24) is 0 Å². The van der Waals surface area contributed by atoms with E-state index in [1.54, 1.807) is 0 Å². The molecule has 4 saturated carbocycles. The molecule has 5 aliphatic rings. The molecule has 0 aromatic heterocycles. The molecule has 1 aromatic rings. The van der Waals surface area contributed by atoms with Crippen molar-refractivity contribution < 1.29 is 19.5 Å². The summed E-state index contributed by atoms with van der Waals surface area (Å²) in [5, 5.41) is 13.3. The molecule has 0 radical (unpaired) electrons. The second-order valence-corrected chi connectivity index (χ2v) is 15.1. The lowest BCUT2D eigenvalue weighted by atomic mass is 9.38. The number of hydrogen-bond acceptors (Lipinski definition) is 5. The maximum absolute atomic E-state index is 14.3. The number of nitrogens with zero attached hydrogens (tertiary/aromatic N) is 1. The van der Waals surface area contributed by atoms with E-state index in [9.17, 15) is 14.8 Å². The topological polar surface area (TPSA) is 76.0 Å². The number of oxime groups is 1. The first kappa shape index (κ1) is 27.7. The Morgan fingerprint density at radius 3 is 2.45 bits per heavy atom. The van der Waals surface area contributed by atoms with Crippen LogP contribution in [-0.2, 0) is 20.9 Å². The first-order valence-corrected chi connectivity index (χ1v) is 15.6. The van der Waals surface area contributed by atoms with Gasteiger partial charge in [-0.05, 0) is 110 Å². The van der Waals surface area contributed by atoms with Crippen molar-refractivity contribution in [1.29, 1.82) is 0 Å². The number of ketones is 1. The summed E-state index contributed by atoms with van der Waals surface area (Å²) in [6.45, 7) is 11.8.